The van der Waals surface area contributed by atoms with Gasteiger partial charge >= 0.3 is 5.97 Å². The molecule has 0 aliphatic carbocycles. The lowest BCUT2D eigenvalue weighted by atomic mass is 9.96. The second-order valence-corrected chi connectivity index (χ2v) is 9.43. The number of para-hydroxylation sites is 2. The van der Waals surface area contributed by atoms with E-state index < -0.39 is 24.0 Å². The van der Waals surface area contributed by atoms with E-state index in [2.05, 4.69) is 34.7 Å². The van der Waals surface area contributed by atoms with Gasteiger partial charge in [0, 0.05) is 17.3 Å². The van der Waals surface area contributed by atoms with E-state index in [1.165, 1.54) is 16.5 Å². The maximum atomic E-state index is 13.0. The van der Waals surface area contributed by atoms with Crippen LogP contribution in [-0.4, -0.2) is 39.7 Å². The van der Waals surface area contributed by atoms with Crippen LogP contribution in [0.5, 0.6) is 0 Å². The van der Waals surface area contributed by atoms with Gasteiger partial charge in [-0.05, 0) is 58.4 Å². The minimum Gasteiger partial charge on any atom is -0.452 e. The van der Waals surface area contributed by atoms with Crippen LogP contribution in [0.15, 0.2) is 54.6 Å². The molecule has 4 rings (SSSR count). The van der Waals surface area contributed by atoms with Gasteiger partial charge in [-0.15, -0.1) is 0 Å². The number of aromatic nitrogens is 2. The maximum Gasteiger partial charge on any atom is 0.331 e. The molecule has 0 spiro atoms. The number of esters is 1. The van der Waals surface area contributed by atoms with Gasteiger partial charge in [0.15, 0.2) is 6.61 Å². The summed E-state index contributed by atoms with van der Waals surface area (Å²) in [5.74, 6) is -1.45. The Morgan fingerprint density at radius 2 is 1.75 bits per heavy atom. The van der Waals surface area contributed by atoms with Crippen LogP contribution in [0.2, 0.25) is 0 Å². The van der Waals surface area contributed by atoms with Gasteiger partial charge in [-0.3, -0.25) is 19.2 Å². The van der Waals surface area contributed by atoms with Gasteiger partial charge in [0.1, 0.15) is 5.54 Å². The van der Waals surface area contributed by atoms with Crippen LogP contribution in [-0.2, 0) is 25.7 Å². The standard InChI is InChI=1S/C28H30N4O4/c1-18-10-12-21(13-11-18)16-31-20(3)22(19(2)30-31)14-15-26(34)36-17-25(33)32-24-9-7-6-8-23(24)29-27(35)28(32,4)5/h6-15H,16-17H2,1-5H3,(H,29,35)/b15-14+. The summed E-state index contributed by atoms with van der Waals surface area (Å²) in [5, 5.41) is 7.41. The Hall–Kier alpha value is -4.20. The lowest BCUT2D eigenvalue weighted by Crippen LogP contribution is -2.59. The molecule has 36 heavy (non-hydrogen) atoms. The van der Waals surface area contributed by atoms with Gasteiger partial charge in [0.05, 0.1) is 23.6 Å². The molecular weight excluding hydrogens is 456 g/mol. The number of nitrogens with zero attached hydrogens (tertiary/aromatic N) is 3. The van der Waals surface area contributed by atoms with Crippen molar-refractivity contribution in [1.82, 2.24) is 9.78 Å². The number of amides is 2. The van der Waals surface area contributed by atoms with Crippen LogP contribution in [0.3, 0.4) is 0 Å². The van der Waals surface area contributed by atoms with E-state index in [-0.39, 0.29) is 5.91 Å². The van der Waals surface area contributed by atoms with E-state index in [0.29, 0.717) is 17.9 Å². The summed E-state index contributed by atoms with van der Waals surface area (Å²) in [7, 11) is 0. The second-order valence-electron chi connectivity index (χ2n) is 9.43. The van der Waals surface area contributed by atoms with E-state index in [0.717, 1.165) is 22.5 Å². The third kappa shape index (κ3) is 4.93. The molecule has 186 valence electrons. The lowest BCUT2D eigenvalue weighted by Gasteiger charge is -2.41. The Labute approximate surface area is 210 Å². The quantitative estimate of drug-likeness (QED) is 0.417. The molecule has 0 radical (unpaired) electrons. The SMILES string of the molecule is Cc1ccc(Cn2nc(C)c(/C=C/C(=O)OCC(=O)N3c4ccccc4NC(=O)C3(C)C)c2C)cc1. The highest BCUT2D eigenvalue weighted by molar-refractivity contribution is 6.14. The number of fused-ring (bicyclic) bond motifs is 1. The number of nitrogens with one attached hydrogen (secondary N) is 1. The number of benzene rings is 2. The molecule has 0 saturated carbocycles. The topological polar surface area (TPSA) is 93.5 Å². The summed E-state index contributed by atoms with van der Waals surface area (Å²) in [6.45, 7) is 9.32. The van der Waals surface area contributed by atoms with Crippen LogP contribution in [0.1, 0.15) is 41.9 Å². The Morgan fingerprint density at radius 3 is 2.47 bits per heavy atom. The first-order chi connectivity index (χ1) is 17.1. The third-order valence-corrected chi connectivity index (χ3v) is 6.37. The normalized spacial score (nSPS) is 14.5. The van der Waals surface area contributed by atoms with Crippen molar-refractivity contribution in [2.24, 2.45) is 0 Å². The first-order valence-corrected chi connectivity index (χ1v) is 11.8. The zero-order valence-electron chi connectivity index (χ0n) is 21.2. The minimum absolute atomic E-state index is 0.311. The van der Waals surface area contributed by atoms with Gasteiger partial charge in [-0.1, -0.05) is 42.0 Å². The Bertz CT molecular complexity index is 1350. The summed E-state index contributed by atoms with van der Waals surface area (Å²) in [4.78, 5) is 39.4. The number of carbonyl (C=O) groups excluding carboxylic acids is 3. The molecule has 0 bridgehead atoms. The fraction of sp³-hybridized carbons (Fsp3) is 0.286. The van der Waals surface area contributed by atoms with Crippen LogP contribution in [0.25, 0.3) is 6.08 Å². The van der Waals surface area contributed by atoms with Crippen molar-refractivity contribution in [2.75, 3.05) is 16.8 Å². The van der Waals surface area contributed by atoms with Crippen molar-refractivity contribution >= 4 is 35.2 Å². The first-order valence-electron chi connectivity index (χ1n) is 11.8. The number of carbonyl (C=O) groups is 3. The van der Waals surface area contributed by atoms with Crippen LogP contribution in [0.4, 0.5) is 11.4 Å². The number of aryl methyl sites for hydroxylation is 2. The summed E-state index contributed by atoms with van der Waals surface area (Å²) >= 11 is 0. The number of anilines is 2. The molecule has 1 aliphatic rings. The largest absolute Gasteiger partial charge is 0.452 e. The van der Waals surface area contributed by atoms with E-state index in [1.54, 1.807) is 44.2 Å². The van der Waals surface area contributed by atoms with E-state index in [4.69, 9.17) is 4.74 Å². The summed E-state index contributed by atoms with van der Waals surface area (Å²) in [5.41, 5.74) is 4.84. The number of ether oxygens (including phenoxy) is 1. The van der Waals surface area contributed by atoms with Gasteiger partial charge in [-0.25, -0.2) is 4.79 Å². The highest BCUT2D eigenvalue weighted by Gasteiger charge is 2.43. The minimum atomic E-state index is -1.13. The molecule has 0 atom stereocenters. The second kappa shape index (κ2) is 9.81. The predicted molar refractivity (Wildman–Crippen MR) is 139 cm³/mol. The fourth-order valence-electron chi connectivity index (χ4n) is 4.27. The molecule has 1 aromatic heterocycles. The smallest absolute Gasteiger partial charge is 0.331 e. The predicted octanol–water partition coefficient (Wildman–Crippen LogP) is 4.18. The Morgan fingerprint density at radius 1 is 1.06 bits per heavy atom. The Balaban J connectivity index is 1.43. The van der Waals surface area contributed by atoms with Crippen molar-refractivity contribution in [2.45, 2.75) is 46.7 Å². The van der Waals surface area contributed by atoms with Crippen molar-refractivity contribution in [3.63, 3.8) is 0 Å². The third-order valence-electron chi connectivity index (χ3n) is 6.37. The van der Waals surface area contributed by atoms with Crippen molar-refractivity contribution in [1.29, 1.82) is 0 Å². The molecule has 2 amide bonds. The highest BCUT2D eigenvalue weighted by Crippen LogP contribution is 2.36. The maximum absolute atomic E-state index is 13.0. The number of hydrogen-bond acceptors (Lipinski definition) is 5. The van der Waals surface area contributed by atoms with Gasteiger partial charge in [0.25, 0.3) is 5.91 Å². The molecule has 8 nitrogen and oxygen atoms in total. The summed E-state index contributed by atoms with van der Waals surface area (Å²) in [6, 6.07) is 15.3. The molecule has 3 aromatic rings. The van der Waals surface area contributed by atoms with Crippen molar-refractivity contribution in [3.8, 4) is 0 Å². The van der Waals surface area contributed by atoms with E-state index in [1.807, 2.05) is 25.5 Å². The molecule has 8 heteroatoms. The lowest BCUT2D eigenvalue weighted by molar-refractivity contribution is -0.143. The summed E-state index contributed by atoms with van der Waals surface area (Å²) < 4.78 is 7.14. The van der Waals surface area contributed by atoms with E-state index >= 15 is 0 Å². The zero-order valence-corrected chi connectivity index (χ0v) is 21.2. The molecule has 1 aliphatic heterocycles. The fourth-order valence-corrected chi connectivity index (χ4v) is 4.27. The monoisotopic (exact) mass is 486 g/mol. The van der Waals surface area contributed by atoms with Crippen LogP contribution >= 0.6 is 0 Å². The molecule has 2 heterocycles. The number of hydrogen-bond donors (Lipinski definition) is 1. The Kier molecular flexibility index (Phi) is 6.79. The number of rotatable bonds is 6. The molecule has 0 saturated heterocycles. The molecule has 1 N–H and O–H groups in total. The van der Waals surface area contributed by atoms with Gasteiger partial charge < -0.3 is 10.1 Å². The van der Waals surface area contributed by atoms with E-state index in [9.17, 15) is 14.4 Å². The van der Waals surface area contributed by atoms with Crippen LogP contribution < -0.4 is 10.2 Å². The van der Waals surface area contributed by atoms with Crippen molar-refractivity contribution < 1.29 is 19.1 Å². The molecule has 0 unspecified atom stereocenters. The highest BCUT2D eigenvalue weighted by atomic mass is 16.5. The van der Waals surface area contributed by atoms with Crippen LogP contribution in [0, 0.1) is 20.8 Å². The molecular formula is C28H30N4O4. The average Bonchev–Trinajstić information content (AvgIpc) is 3.10. The zero-order chi connectivity index (χ0) is 26.0. The average molecular weight is 487 g/mol. The first kappa shape index (κ1) is 24.9. The summed E-state index contributed by atoms with van der Waals surface area (Å²) in [6.07, 6.45) is 2.95. The van der Waals surface area contributed by atoms with Gasteiger partial charge in [0.2, 0.25) is 5.91 Å². The molecule has 0 fully saturated rings. The van der Waals surface area contributed by atoms with Gasteiger partial charge in [-0.2, -0.15) is 5.10 Å². The molecule has 2 aromatic carbocycles. The van der Waals surface area contributed by atoms with Crippen molar-refractivity contribution in [3.05, 3.63) is 82.7 Å².